The standard InChI is InChI=1S/C45H40BN4O.Pt/c1-29-22-31(3)43(32(4)23-29)46(44-33(5)24-30(2)25-34(44)6)35-13-15-36(16-14-35)50-41-18-17-39(27-40(41)45-42(50)12-9-19-47-45)51-38-11-8-10-37(26-38)49-21-20-48(7)28-49;/h8-25,28H,1-7H3;/q-3;. The van der Waals surface area contributed by atoms with Crippen LogP contribution in [0.4, 0.5) is 5.69 Å². The van der Waals surface area contributed by atoms with Gasteiger partial charge in [0, 0.05) is 55.5 Å². The summed E-state index contributed by atoms with van der Waals surface area (Å²) in [6.45, 7) is 15.5. The first-order valence-electron chi connectivity index (χ1n) is 17.5. The van der Waals surface area contributed by atoms with E-state index in [0.29, 0.717) is 11.5 Å². The van der Waals surface area contributed by atoms with Crippen LogP contribution in [0.25, 0.3) is 27.6 Å². The van der Waals surface area contributed by atoms with E-state index in [1.807, 2.05) is 72.4 Å². The second kappa shape index (κ2) is 14.2. The fourth-order valence-corrected chi connectivity index (χ4v) is 8.02. The third-order valence-electron chi connectivity index (χ3n) is 9.96. The van der Waals surface area contributed by atoms with Crippen LogP contribution < -0.4 is 26.0 Å². The van der Waals surface area contributed by atoms with E-state index >= 15 is 0 Å². The van der Waals surface area contributed by atoms with Crippen molar-refractivity contribution in [2.24, 2.45) is 0 Å². The Morgan fingerprint density at radius 3 is 1.92 bits per heavy atom. The van der Waals surface area contributed by atoms with Gasteiger partial charge in [0.15, 0.2) is 0 Å². The summed E-state index contributed by atoms with van der Waals surface area (Å²) in [4.78, 5) is 8.82. The van der Waals surface area contributed by atoms with Gasteiger partial charge in [0.1, 0.15) is 0 Å². The molecular formula is C45H40BN4OPt-3. The van der Waals surface area contributed by atoms with Crippen LogP contribution in [0.3, 0.4) is 0 Å². The molecule has 1 aliphatic rings. The second-order valence-corrected chi connectivity index (χ2v) is 13.9. The van der Waals surface area contributed by atoms with Crippen molar-refractivity contribution in [3.63, 3.8) is 0 Å². The molecule has 0 atom stereocenters. The number of benzene rings is 5. The SMILES string of the molecule is Cc1cc(C)c(B(c2ccc(-n3c4ccc(Oc5[c-]c(N6C=CN(C)[CH-]6)ccc5)[c-]c4c4ncccc43)cc2)c2c(C)cc(C)cc2C)c(C)c1.[Pt]. The van der Waals surface area contributed by atoms with Crippen molar-refractivity contribution < 1.29 is 25.8 Å². The first kappa shape index (κ1) is 35.4. The fourth-order valence-electron chi connectivity index (χ4n) is 8.02. The molecule has 7 heteroatoms. The molecule has 0 radical (unpaired) electrons. The largest absolute Gasteiger partial charge is 0.510 e. The van der Waals surface area contributed by atoms with Crippen LogP contribution in [0.1, 0.15) is 33.4 Å². The Bertz CT molecular complexity index is 2380. The van der Waals surface area contributed by atoms with Crippen LogP contribution in [-0.2, 0) is 21.1 Å². The first-order valence-corrected chi connectivity index (χ1v) is 17.5. The van der Waals surface area contributed by atoms with Crippen LogP contribution >= 0.6 is 0 Å². The maximum Gasteiger partial charge on any atom is 0.242 e. The van der Waals surface area contributed by atoms with Crippen molar-refractivity contribution in [2.75, 3.05) is 11.9 Å². The summed E-state index contributed by atoms with van der Waals surface area (Å²) in [5, 5.41) is 0.912. The zero-order chi connectivity index (χ0) is 35.4. The van der Waals surface area contributed by atoms with Gasteiger partial charge in [-0.3, -0.25) is 0 Å². The second-order valence-electron chi connectivity index (χ2n) is 13.9. The van der Waals surface area contributed by atoms with Crippen LogP contribution in [0.2, 0.25) is 0 Å². The van der Waals surface area contributed by atoms with E-state index in [0.717, 1.165) is 33.3 Å². The molecule has 0 N–H and O–H groups in total. The molecule has 262 valence electrons. The number of hydrogen-bond acceptors (Lipinski definition) is 4. The van der Waals surface area contributed by atoms with Crippen molar-refractivity contribution in [2.45, 2.75) is 41.5 Å². The van der Waals surface area contributed by atoms with Crippen molar-refractivity contribution >= 4 is 50.7 Å². The first-order chi connectivity index (χ1) is 24.6. The Morgan fingerprint density at radius 2 is 1.31 bits per heavy atom. The molecule has 7 aromatic rings. The molecule has 0 unspecified atom stereocenters. The number of nitrogens with zero attached hydrogens (tertiary/aromatic N) is 4. The third-order valence-corrected chi connectivity index (χ3v) is 9.96. The maximum atomic E-state index is 6.33. The maximum absolute atomic E-state index is 6.33. The van der Waals surface area contributed by atoms with Crippen LogP contribution in [-0.4, -0.2) is 28.2 Å². The smallest absolute Gasteiger partial charge is 0.242 e. The summed E-state index contributed by atoms with van der Waals surface area (Å²) in [5.41, 5.74) is 16.8. The number of aromatic nitrogens is 2. The van der Waals surface area contributed by atoms with Gasteiger partial charge in [0.2, 0.25) is 6.71 Å². The molecule has 0 saturated carbocycles. The number of hydrogen-bond donors (Lipinski definition) is 0. The number of aryl methyl sites for hydroxylation is 6. The van der Waals surface area contributed by atoms with Gasteiger partial charge in [-0.05, 0) is 90.8 Å². The van der Waals surface area contributed by atoms with Gasteiger partial charge < -0.3 is 24.1 Å². The average molecular weight is 859 g/mol. The minimum absolute atomic E-state index is 0. The molecular weight excluding hydrogens is 818 g/mol. The van der Waals surface area contributed by atoms with Crippen LogP contribution in [0.15, 0.2) is 110 Å². The Morgan fingerprint density at radius 1 is 0.673 bits per heavy atom. The summed E-state index contributed by atoms with van der Waals surface area (Å²) in [7, 11) is 2.00. The molecule has 0 fully saturated rings. The minimum atomic E-state index is 0. The van der Waals surface area contributed by atoms with Gasteiger partial charge in [-0.2, -0.15) is 12.7 Å². The Kier molecular flexibility index (Phi) is 9.63. The molecule has 0 spiro atoms. The summed E-state index contributed by atoms with van der Waals surface area (Å²) in [5.74, 6) is 1.24. The van der Waals surface area contributed by atoms with E-state index in [1.54, 1.807) is 0 Å². The van der Waals surface area contributed by atoms with E-state index < -0.39 is 0 Å². The topological polar surface area (TPSA) is 33.5 Å². The molecule has 5 nitrogen and oxygen atoms in total. The van der Waals surface area contributed by atoms with Gasteiger partial charge in [-0.15, -0.1) is 30.0 Å². The average Bonchev–Trinajstić information content (AvgIpc) is 3.68. The molecule has 0 bridgehead atoms. The van der Waals surface area contributed by atoms with Gasteiger partial charge in [-0.1, -0.05) is 104 Å². The molecule has 2 aromatic heterocycles. The molecule has 0 amide bonds. The van der Waals surface area contributed by atoms with E-state index in [1.165, 1.54) is 49.8 Å². The van der Waals surface area contributed by atoms with Gasteiger partial charge in [0.25, 0.3) is 0 Å². The summed E-state index contributed by atoms with van der Waals surface area (Å²) >= 11 is 0. The van der Waals surface area contributed by atoms with Gasteiger partial charge in [0.05, 0.1) is 0 Å². The predicted octanol–water partition coefficient (Wildman–Crippen LogP) is 8.28. The fraction of sp³-hybridized carbons (Fsp3) is 0.156. The van der Waals surface area contributed by atoms with Crippen molar-refractivity contribution in [3.8, 4) is 17.2 Å². The number of anilines is 1. The molecule has 3 heterocycles. The van der Waals surface area contributed by atoms with E-state index in [9.17, 15) is 0 Å². The number of pyridine rings is 1. The third kappa shape index (κ3) is 6.46. The summed E-state index contributed by atoms with van der Waals surface area (Å²) in [6, 6.07) is 39.4. The van der Waals surface area contributed by atoms with Crippen LogP contribution in [0, 0.1) is 60.3 Å². The molecule has 1 aliphatic heterocycles. The number of ether oxygens (including phenoxy) is 1. The molecule has 0 aliphatic carbocycles. The van der Waals surface area contributed by atoms with E-state index in [4.69, 9.17) is 9.72 Å². The summed E-state index contributed by atoms with van der Waals surface area (Å²) < 4.78 is 8.61. The van der Waals surface area contributed by atoms with Gasteiger partial charge in [-0.25, -0.2) is 0 Å². The minimum Gasteiger partial charge on any atom is -0.510 e. The zero-order valence-electron chi connectivity index (χ0n) is 30.6. The monoisotopic (exact) mass is 858 g/mol. The Hall–Kier alpha value is -5.06. The Labute approximate surface area is 321 Å². The number of fused-ring (bicyclic) bond motifs is 3. The quantitative estimate of drug-likeness (QED) is 0.120. The van der Waals surface area contributed by atoms with Gasteiger partial charge >= 0.3 is 0 Å². The van der Waals surface area contributed by atoms with Crippen molar-refractivity contribution in [3.05, 3.63) is 162 Å². The zero-order valence-corrected chi connectivity index (χ0v) is 32.8. The van der Waals surface area contributed by atoms with Crippen molar-refractivity contribution in [1.82, 2.24) is 14.5 Å². The predicted molar refractivity (Wildman–Crippen MR) is 212 cm³/mol. The molecule has 0 saturated heterocycles. The molecule has 5 aromatic carbocycles. The van der Waals surface area contributed by atoms with E-state index in [-0.39, 0.29) is 27.8 Å². The molecule has 52 heavy (non-hydrogen) atoms. The van der Waals surface area contributed by atoms with E-state index in [2.05, 4.69) is 119 Å². The number of rotatable bonds is 7. The molecule has 8 rings (SSSR count). The Balaban J connectivity index is 0.00000420. The van der Waals surface area contributed by atoms with Crippen LogP contribution in [0.5, 0.6) is 11.5 Å². The van der Waals surface area contributed by atoms with Crippen molar-refractivity contribution in [1.29, 1.82) is 0 Å². The summed E-state index contributed by atoms with van der Waals surface area (Å²) in [6.07, 6.45) is 5.83. The normalized spacial score (nSPS) is 12.5.